The highest BCUT2D eigenvalue weighted by Crippen LogP contribution is 2.28. The summed E-state index contributed by atoms with van der Waals surface area (Å²) in [6.45, 7) is 3.57. The molecule has 180 valence electrons. The summed E-state index contributed by atoms with van der Waals surface area (Å²) < 4.78 is 5.64. The summed E-state index contributed by atoms with van der Waals surface area (Å²) in [7, 11) is 0. The summed E-state index contributed by atoms with van der Waals surface area (Å²) in [6.07, 6.45) is 8.30. The second-order valence-corrected chi connectivity index (χ2v) is 9.64. The van der Waals surface area contributed by atoms with Crippen molar-refractivity contribution in [3.8, 4) is 5.75 Å². The van der Waals surface area contributed by atoms with Crippen LogP contribution in [-0.4, -0.2) is 35.5 Å². The third-order valence-electron chi connectivity index (χ3n) is 7.19. The van der Waals surface area contributed by atoms with Gasteiger partial charge in [-0.2, -0.15) is 0 Å². The van der Waals surface area contributed by atoms with E-state index in [-0.39, 0.29) is 12.4 Å². The van der Waals surface area contributed by atoms with Gasteiger partial charge in [-0.1, -0.05) is 60.7 Å². The molecule has 4 nitrogen and oxygen atoms in total. The van der Waals surface area contributed by atoms with E-state index in [1.807, 2.05) is 48.5 Å². The number of hydrogen-bond acceptors (Lipinski definition) is 3. The number of carbonyl (C=O) groups excluding carboxylic acids is 1. The molecule has 3 aromatic carbocycles. The van der Waals surface area contributed by atoms with Crippen molar-refractivity contribution in [3.05, 3.63) is 102 Å². The summed E-state index contributed by atoms with van der Waals surface area (Å²) >= 11 is 0. The van der Waals surface area contributed by atoms with Crippen LogP contribution in [0, 0.1) is 0 Å². The zero-order valence-corrected chi connectivity index (χ0v) is 20.3. The van der Waals surface area contributed by atoms with E-state index < -0.39 is 0 Å². The minimum Gasteiger partial charge on any atom is -0.426 e. The van der Waals surface area contributed by atoms with Gasteiger partial charge in [0.2, 0.25) is 0 Å². The number of carbonyl (C=O) groups is 1. The number of benzene rings is 3. The van der Waals surface area contributed by atoms with Gasteiger partial charge in [0.25, 0.3) is 0 Å². The highest BCUT2D eigenvalue weighted by Gasteiger charge is 2.20. The Labute approximate surface area is 207 Å². The Morgan fingerprint density at radius 1 is 0.914 bits per heavy atom. The molecule has 0 aliphatic carbocycles. The van der Waals surface area contributed by atoms with Gasteiger partial charge in [0.15, 0.2) is 0 Å². The summed E-state index contributed by atoms with van der Waals surface area (Å²) in [6, 6.07) is 26.5. The topological polar surface area (TPSA) is 45.3 Å². The molecule has 4 aromatic rings. The summed E-state index contributed by atoms with van der Waals surface area (Å²) in [5.74, 6) is 1.10. The molecule has 2 heterocycles. The number of unbranched alkanes of at least 4 members (excludes halogenated alkanes) is 1. The van der Waals surface area contributed by atoms with Gasteiger partial charge >= 0.3 is 5.97 Å². The Morgan fingerprint density at radius 3 is 2.43 bits per heavy atom. The highest BCUT2D eigenvalue weighted by molar-refractivity contribution is 5.85. The van der Waals surface area contributed by atoms with Crippen LogP contribution in [0.2, 0.25) is 0 Å². The fraction of sp³-hybridized carbons (Fsp3) is 0.323. The van der Waals surface area contributed by atoms with E-state index in [1.165, 1.54) is 50.0 Å². The molecule has 1 aliphatic heterocycles. The number of nitrogens with one attached hydrogen (secondary N) is 1. The van der Waals surface area contributed by atoms with Crippen LogP contribution in [0.3, 0.4) is 0 Å². The van der Waals surface area contributed by atoms with E-state index >= 15 is 0 Å². The van der Waals surface area contributed by atoms with Crippen LogP contribution in [0.25, 0.3) is 10.9 Å². The van der Waals surface area contributed by atoms with Crippen molar-refractivity contribution in [1.82, 2.24) is 9.88 Å². The molecular formula is C31H34N2O2. The van der Waals surface area contributed by atoms with Crippen LogP contribution in [0.4, 0.5) is 0 Å². The molecule has 0 unspecified atom stereocenters. The molecule has 1 aliphatic rings. The molecule has 1 saturated heterocycles. The molecular weight excluding hydrogens is 432 g/mol. The molecule has 0 bridgehead atoms. The molecule has 0 saturated carbocycles. The van der Waals surface area contributed by atoms with Gasteiger partial charge in [0, 0.05) is 17.1 Å². The third kappa shape index (κ3) is 6.20. The van der Waals surface area contributed by atoms with Gasteiger partial charge in [-0.25, -0.2) is 0 Å². The maximum atomic E-state index is 12.4. The average molecular weight is 467 g/mol. The van der Waals surface area contributed by atoms with Crippen LogP contribution in [-0.2, 0) is 17.6 Å². The first-order chi connectivity index (χ1) is 17.2. The van der Waals surface area contributed by atoms with Gasteiger partial charge in [-0.3, -0.25) is 4.79 Å². The molecule has 0 atom stereocenters. The zero-order chi connectivity index (χ0) is 23.9. The van der Waals surface area contributed by atoms with Crippen molar-refractivity contribution in [3.63, 3.8) is 0 Å². The number of fused-ring (bicyclic) bond motifs is 1. The Morgan fingerprint density at radius 2 is 1.66 bits per heavy atom. The van der Waals surface area contributed by atoms with Crippen molar-refractivity contribution in [2.24, 2.45) is 0 Å². The van der Waals surface area contributed by atoms with E-state index in [9.17, 15) is 4.79 Å². The fourth-order valence-electron chi connectivity index (χ4n) is 5.22. The molecule has 0 spiro atoms. The lowest BCUT2D eigenvalue weighted by Gasteiger charge is -2.32. The van der Waals surface area contributed by atoms with Gasteiger partial charge in [-0.05, 0) is 92.5 Å². The maximum Gasteiger partial charge on any atom is 0.315 e. The Bertz CT molecular complexity index is 1220. The second-order valence-electron chi connectivity index (χ2n) is 9.64. The summed E-state index contributed by atoms with van der Waals surface area (Å²) in [5, 5.41) is 1.15. The molecule has 0 radical (unpaired) electrons. The lowest BCUT2D eigenvalue weighted by Crippen LogP contribution is -2.33. The molecule has 35 heavy (non-hydrogen) atoms. The maximum absolute atomic E-state index is 12.4. The monoisotopic (exact) mass is 466 g/mol. The predicted octanol–water partition coefficient (Wildman–Crippen LogP) is 6.52. The quantitative estimate of drug-likeness (QED) is 0.174. The number of aryl methyl sites for hydroxylation is 1. The van der Waals surface area contributed by atoms with E-state index in [0.717, 1.165) is 35.2 Å². The second kappa shape index (κ2) is 11.4. The molecule has 1 aromatic heterocycles. The van der Waals surface area contributed by atoms with E-state index in [2.05, 4.69) is 46.4 Å². The SMILES string of the molecule is O=C(Cc1ccccc1)Oc1ccc2[nH]cc(CCCCN3CCC(c4ccccc4)CC3)c2c1. The zero-order valence-electron chi connectivity index (χ0n) is 20.3. The number of aromatic amines is 1. The normalized spacial score (nSPS) is 14.9. The number of aromatic nitrogens is 1. The minimum atomic E-state index is -0.233. The Kier molecular flexibility index (Phi) is 7.59. The van der Waals surface area contributed by atoms with Crippen molar-refractivity contribution in [2.75, 3.05) is 19.6 Å². The van der Waals surface area contributed by atoms with Crippen LogP contribution >= 0.6 is 0 Å². The van der Waals surface area contributed by atoms with Gasteiger partial charge in [-0.15, -0.1) is 0 Å². The van der Waals surface area contributed by atoms with E-state index in [1.54, 1.807) is 0 Å². The average Bonchev–Trinajstić information content (AvgIpc) is 3.30. The molecule has 0 amide bonds. The van der Waals surface area contributed by atoms with Gasteiger partial charge in [0.05, 0.1) is 6.42 Å². The summed E-state index contributed by atoms with van der Waals surface area (Å²) in [5.41, 5.74) is 4.84. The van der Waals surface area contributed by atoms with Gasteiger partial charge < -0.3 is 14.6 Å². The standard InChI is InChI=1S/C31H34N2O2/c34-31(21-24-9-3-1-4-10-24)35-28-14-15-30-29(22-28)27(23-32-30)13-7-8-18-33-19-16-26(17-20-33)25-11-5-2-6-12-25/h1-6,9-12,14-15,22-23,26,32H,7-8,13,16-21H2. The van der Waals surface area contributed by atoms with Gasteiger partial charge in [0.1, 0.15) is 5.75 Å². The molecule has 1 N–H and O–H groups in total. The van der Waals surface area contributed by atoms with Crippen molar-refractivity contribution in [1.29, 1.82) is 0 Å². The number of ether oxygens (including phenoxy) is 1. The largest absolute Gasteiger partial charge is 0.426 e. The van der Waals surface area contributed by atoms with Crippen molar-refractivity contribution >= 4 is 16.9 Å². The van der Waals surface area contributed by atoms with Crippen LogP contribution in [0.1, 0.15) is 48.3 Å². The lowest BCUT2D eigenvalue weighted by atomic mass is 9.89. The van der Waals surface area contributed by atoms with E-state index in [0.29, 0.717) is 5.75 Å². The number of piperidine rings is 1. The number of H-pyrrole nitrogens is 1. The Balaban J connectivity index is 1.09. The number of hydrogen-bond donors (Lipinski definition) is 1. The minimum absolute atomic E-state index is 0.233. The molecule has 1 fully saturated rings. The highest BCUT2D eigenvalue weighted by atomic mass is 16.5. The number of likely N-dealkylation sites (tertiary alicyclic amines) is 1. The van der Waals surface area contributed by atoms with Crippen molar-refractivity contribution in [2.45, 2.75) is 44.4 Å². The molecule has 5 rings (SSSR count). The smallest absolute Gasteiger partial charge is 0.315 e. The summed E-state index contributed by atoms with van der Waals surface area (Å²) in [4.78, 5) is 18.4. The lowest BCUT2D eigenvalue weighted by molar-refractivity contribution is -0.133. The number of rotatable bonds is 9. The predicted molar refractivity (Wildman–Crippen MR) is 142 cm³/mol. The first-order valence-corrected chi connectivity index (χ1v) is 12.9. The van der Waals surface area contributed by atoms with Crippen LogP contribution in [0.5, 0.6) is 5.75 Å². The van der Waals surface area contributed by atoms with Crippen LogP contribution < -0.4 is 4.74 Å². The number of esters is 1. The Hall–Kier alpha value is -3.37. The number of nitrogens with zero attached hydrogens (tertiary/aromatic N) is 1. The first-order valence-electron chi connectivity index (χ1n) is 12.9. The fourth-order valence-corrected chi connectivity index (χ4v) is 5.22. The molecule has 4 heteroatoms. The first kappa shape index (κ1) is 23.4. The van der Waals surface area contributed by atoms with E-state index in [4.69, 9.17) is 4.74 Å². The third-order valence-corrected chi connectivity index (χ3v) is 7.19. The van der Waals surface area contributed by atoms with Crippen LogP contribution in [0.15, 0.2) is 85.1 Å². The van der Waals surface area contributed by atoms with Crippen molar-refractivity contribution < 1.29 is 9.53 Å².